The normalized spacial score (nSPS) is 27.9. The molecule has 160 valence electrons. The summed E-state index contributed by atoms with van der Waals surface area (Å²) in [5.41, 5.74) is 2.14. The summed E-state index contributed by atoms with van der Waals surface area (Å²) in [4.78, 5) is 10.2. The first-order valence-corrected chi connectivity index (χ1v) is 11.9. The van der Waals surface area contributed by atoms with Crippen LogP contribution >= 0.6 is 0 Å². The lowest BCUT2D eigenvalue weighted by Crippen LogP contribution is -2.33. The van der Waals surface area contributed by atoms with Gasteiger partial charge in [0.15, 0.2) is 11.8 Å². The molecule has 2 atom stereocenters. The van der Waals surface area contributed by atoms with Crippen LogP contribution < -0.4 is 0 Å². The number of ether oxygens (including phenoxy) is 2. The standard InChI is InChI=1S/C27H30N2O2/c1-3-11-20(12-4-1)24-26(15-7-8-16-26)30-22(28-24)19-23-29-25(21-13-5-2-6-14-21)27(31-23)17-9-10-18-27/h1-6,11-14,24-25H,7-10,15-19H2. The number of nitrogens with zero attached hydrogens (tertiary/aromatic N) is 2. The van der Waals surface area contributed by atoms with Crippen LogP contribution in [0.4, 0.5) is 0 Å². The Kier molecular flexibility index (Phi) is 4.62. The maximum absolute atomic E-state index is 6.62. The zero-order valence-corrected chi connectivity index (χ0v) is 18.0. The van der Waals surface area contributed by atoms with E-state index in [1.54, 1.807) is 0 Å². The zero-order valence-electron chi connectivity index (χ0n) is 18.0. The first-order chi connectivity index (χ1) is 15.3. The molecule has 0 N–H and O–H groups in total. The van der Waals surface area contributed by atoms with Gasteiger partial charge in [0.1, 0.15) is 23.3 Å². The second kappa shape index (κ2) is 7.51. The summed E-state index contributed by atoms with van der Waals surface area (Å²) in [7, 11) is 0. The van der Waals surface area contributed by atoms with E-state index < -0.39 is 0 Å². The SMILES string of the molecule is c1ccc(C2N=C(CC3=NC(c4ccccc4)C4(CCCC4)O3)OC23CCCC3)cc1. The molecule has 0 bridgehead atoms. The Morgan fingerprint density at radius 3 is 1.39 bits per heavy atom. The van der Waals surface area contributed by atoms with Gasteiger partial charge in [0.05, 0.1) is 6.42 Å². The van der Waals surface area contributed by atoms with Crippen molar-refractivity contribution in [1.29, 1.82) is 0 Å². The molecule has 2 aromatic carbocycles. The van der Waals surface area contributed by atoms with E-state index in [2.05, 4.69) is 60.7 Å². The van der Waals surface area contributed by atoms with Crippen molar-refractivity contribution in [2.45, 2.75) is 81.1 Å². The first kappa shape index (κ1) is 19.1. The van der Waals surface area contributed by atoms with E-state index in [0.29, 0.717) is 6.42 Å². The fraction of sp³-hybridized carbons (Fsp3) is 0.481. The molecule has 2 saturated carbocycles. The molecule has 0 amide bonds. The molecule has 4 nitrogen and oxygen atoms in total. The van der Waals surface area contributed by atoms with Crippen LogP contribution in [0.5, 0.6) is 0 Å². The van der Waals surface area contributed by atoms with Gasteiger partial charge >= 0.3 is 0 Å². The molecule has 2 aliphatic carbocycles. The Balaban J connectivity index is 1.29. The molecular formula is C27H30N2O2. The summed E-state index contributed by atoms with van der Waals surface area (Å²) in [6, 6.07) is 21.4. The summed E-state index contributed by atoms with van der Waals surface area (Å²) < 4.78 is 13.2. The third-order valence-electron chi connectivity index (χ3n) is 7.62. The number of hydrogen-bond acceptors (Lipinski definition) is 4. The van der Waals surface area contributed by atoms with Gasteiger partial charge in [0.2, 0.25) is 0 Å². The number of rotatable bonds is 4. The second-order valence-corrected chi connectivity index (χ2v) is 9.60. The summed E-state index contributed by atoms with van der Waals surface area (Å²) in [5, 5.41) is 0. The minimum Gasteiger partial charge on any atom is -0.471 e. The van der Waals surface area contributed by atoms with Crippen molar-refractivity contribution < 1.29 is 9.47 Å². The van der Waals surface area contributed by atoms with E-state index in [1.165, 1.54) is 36.8 Å². The minimum atomic E-state index is -0.181. The molecule has 0 saturated heterocycles. The molecule has 2 spiro atoms. The van der Waals surface area contributed by atoms with Crippen molar-refractivity contribution in [1.82, 2.24) is 0 Å². The fourth-order valence-corrected chi connectivity index (χ4v) is 6.17. The lowest BCUT2D eigenvalue weighted by molar-refractivity contribution is 0.0544. The van der Waals surface area contributed by atoms with Gasteiger partial charge in [-0.05, 0) is 62.5 Å². The maximum atomic E-state index is 6.62. The molecule has 2 aromatic rings. The number of aliphatic imine (C=N–C) groups is 2. The summed E-state index contributed by atoms with van der Waals surface area (Å²) in [5.74, 6) is 1.60. The minimum absolute atomic E-state index is 0.0820. The molecule has 6 rings (SSSR count). The van der Waals surface area contributed by atoms with Gasteiger partial charge in [-0.15, -0.1) is 0 Å². The van der Waals surface area contributed by atoms with Crippen LogP contribution in [0.1, 0.15) is 81.0 Å². The van der Waals surface area contributed by atoms with Gasteiger partial charge in [0.25, 0.3) is 0 Å². The first-order valence-electron chi connectivity index (χ1n) is 11.9. The van der Waals surface area contributed by atoms with E-state index in [0.717, 1.165) is 37.5 Å². The van der Waals surface area contributed by atoms with Crippen molar-refractivity contribution in [3.63, 3.8) is 0 Å². The highest BCUT2D eigenvalue weighted by Gasteiger charge is 2.52. The Morgan fingerprint density at radius 1 is 0.613 bits per heavy atom. The Morgan fingerprint density at radius 2 is 1.00 bits per heavy atom. The summed E-state index contributed by atoms with van der Waals surface area (Å²) >= 11 is 0. The van der Waals surface area contributed by atoms with Gasteiger partial charge < -0.3 is 9.47 Å². The van der Waals surface area contributed by atoms with Crippen LogP contribution in [-0.2, 0) is 9.47 Å². The Hall–Kier alpha value is -2.62. The largest absolute Gasteiger partial charge is 0.471 e. The van der Waals surface area contributed by atoms with Crippen molar-refractivity contribution in [3.05, 3.63) is 71.8 Å². The maximum Gasteiger partial charge on any atom is 0.194 e. The zero-order chi connectivity index (χ0) is 20.7. The third-order valence-corrected chi connectivity index (χ3v) is 7.62. The number of benzene rings is 2. The predicted molar refractivity (Wildman–Crippen MR) is 122 cm³/mol. The Bertz CT molecular complexity index is 905. The van der Waals surface area contributed by atoms with E-state index in [1.807, 2.05) is 0 Å². The smallest absolute Gasteiger partial charge is 0.194 e. The summed E-state index contributed by atoms with van der Waals surface area (Å²) in [6.45, 7) is 0. The predicted octanol–water partition coefficient (Wildman–Crippen LogP) is 6.34. The van der Waals surface area contributed by atoms with E-state index in [-0.39, 0.29) is 23.3 Å². The molecule has 4 aliphatic rings. The van der Waals surface area contributed by atoms with Crippen LogP contribution in [0, 0.1) is 0 Å². The molecule has 0 radical (unpaired) electrons. The van der Waals surface area contributed by atoms with E-state index >= 15 is 0 Å². The lowest BCUT2D eigenvalue weighted by Gasteiger charge is -2.30. The fourth-order valence-electron chi connectivity index (χ4n) is 6.17. The quantitative estimate of drug-likeness (QED) is 0.586. The molecular weight excluding hydrogens is 384 g/mol. The van der Waals surface area contributed by atoms with Crippen molar-refractivity contribution in [2.24, 2.45) is 9.98 Å². The highest BCUT2D eigenvalue weighted by Crippen LogP contribution is 2.51. The third kappa shape index (κ3) is 3.28. The van der Waals surface area contributed by atoms with Crippen LogP contribution in [-0.4, -0.2) is 23.0 Å². The van der Waals surface area contributed by atoms with Gasteiger partial charge in [-0.2, -0.15) is 0 Å². The highest BCUT2D eigenvalue weighted by atomic mass is 16.5. The van der Waals surface area contributed by atoms with E-state index in [9.17, 15) is 0 Å². The highest BCUT2D eigenvalue weighted by molar-refractivity contribution is 5.99. The van der Waals surface area contributed by atoms with Crippen molar-refractivity contribution >= 4 is 11.8 Å². The number of hydrogen-bond donors (Lipinski definition) is 0. The van der Waals surface area contributed by atoms with Gasteiger partial charge in [-0.3, -0.25) is 0 Å². The van der Waals surface area contributed by atoms with E-state index in [4.69, 9.17) is 19.5 Å². The molecule has 0 aromatic heterocycles. The molecule has 2 fully saturated rings. The monoisotopic (exact) mass is 414 g/mol. The van der Waals surface area contributed by atoms with Crippen LogP contribution in [0.15, 0.2) is 70.6 Å². The lowest BCUT2D eigenvalue weighted by atomic mass is 9.88. The average Bonchev–Trinajstić information content (AvgIpc) is 3.60. The van der Waals surface area contributed by atoms with Gasteiger partial charge in [0, 0.05) is 0 Å². The van der Waals surface area contributed by atoms with Crippen molar-refractivity contribution in [3.8, 4) is 0 Å². The summed E-state index contributed by atoms with van der Waals surface area (Å²) in [6.07, 6.45) is 9.70. The Labute approximate surface area is 184 Å². The topological polar surface area (TPSA) is 43.2 Å². The second-order valence-electron chi connectivity index (χ2n) is 9.60. The molecule has 31 heavy (non-hydrogen) atoms. The van der Waals surface area contributed by atoms with Gasteiger partial charge in [-0.25, -0.2) is 9.98 Å². The molecule has 2 aliphatic heterocycles. The average molecular weight is 415 g/mol. The van der Waals surface area contributed by atoms with Crippen LogP contribution in [0.2, 0.25) is 0 Å². The van der Waals surface area contributed by atoms with Crippen molar-refractivity contribution in [2.75, 3.05) is 0 Å². The molecule has 2 heterocycles. The van der Waals surface area contributed by atoms with Crippen LogP contribution in [0.3, 0.4) is 0 Å². The van der Waals surface area contributed by atoms with Gasteiger partial charge in [-0.1, -0.05) is 60.7 Å². The molecule has 2 unspecified atom stereocenters. The van der Waals surface area contributed by atoms with Crippen LogP contribution in [0.25, 0.3) is 0 Å². The molecule has 4 heteroatoms.